The maximum atomic E-state index is 12.8. The van der Waals surface area contributed by atoms with Crippen LogP contribution in [0.5, 0.6) is 0 Å². The molecule has 0 atom stereocenters. The second-order valence-electron chi connectivity index (χ2n) is 4.29. The van der Waals surface area contributed by atoms with E-state index in [9.17, 15) is 9.18 Å². The number of amides is 1. The van der Waals surface area contributed by atoms with Crippen molar-refractivity contribution in [1.29, 1.82) is 0 Å². The van der Waals surface area contributed by atoms with Crippen LogP contribution < -0.4 is 0 Å². The summed E-state index contributed by atoms with van der Waals surface area (Å²) >= 11 is 0. The van der Waals surface area contributed by atoms with Gasteiger partial charge >= 0.3 is 0 Å². The Hall–Kier alpha value is -2.23. The Bertz CT molecular complexity index is 595. The Labute approximate surface area is 104 Å². The van der Waals surface area contributed by atoms with E-state index in [1.807, 2.05) is 0 Å². The van der Waals surface area contributed by atoms with Gasteiger partial charge in [0, 0.05) is 12.7 Å². The number of aromatic nitrogens is 1. The summed E-state index contributed by atoms with van der Waals surface area (Å²) in [7, 11) is 0. The number of hydrogen-bond donors (Lipinski definition) is 0. The highest BCUT2D eigenvalue weighted by molar-refractivity contribution is 5.97. The second-order valence-corrected chi connectivity index (χ2v) is 4.29. The molecule has 1 aromatic carbocycles. The fourth-order valence-corrected chi connectivity index (χ4v) is 2.12. The lowest BCUT2D eigenvalue weighted by atomic mass is 10.2. The lowest BCUT2D eigenvalue weighted by molar-refractivity contribution is 0.0766. The molecule has 2 aromatic rings. The minimum absolute atomic E-state index is 0.0116. The molecule has 0 saturated heterocycles. The van der Waals surface area contributed by atoms with Gasteiger partial charge in [-0.2, -0.15) is 0 Å². The molecule has 1 aliphatic rings. The Morgan fingerprint density at radius 1 is 1.22 bits per heavy atom. The van der Waals surface area contributed by atoms with Gasteiger partial charge in [0.05, 0.1) is 17.8 Å². The summed E-state index contributed by atoms with van der Waals surface area (Å²) in [4.78, 5) is 18.0. The van der Waals surface area contributed by atoms with E-state index in [1.54, 1.807) is 35.4 Å². The molecule has 0 spiro atoms. The highest BCUT2D eigenvalue weighted by Crippen LogP contribution is 2.22. The first-order chi connectivity index (χ1) is 8.74. The van der Waals surface area contributed by atoms with Crippen LogP contribution in [-0.2, 0) is 13.1 Å². The lowest BCUT2D eigenvalue weighted by Crippen LogP contribution is -2.23. The van der Waals surface area contributed by atoms with Gasteiger partial charge in [-0.05, 0) is 29.8 Å². The van der Waals surface area contributed by atoms with E-state index in [-0.39, 0.29) is 11.7 Å². The van der Waals surface area contributed by atoms with Crippen molar-refractivity contribution in [3.05, 3.63) is 65.2 Å². The maximum Gasteiger partial charge on any atom is 0.256 e. The summed E-state index contributed by atoms with van der Waals surface area (Å²) in [6.07, 6.45) is 1.69. The quantitative estimate of drug-likeness (QED) is 0.810. The van der Waals surface area contributed by atoms with Crippen molar-refractivity contribution in [2.24, 2.45) is 0 Å². The minimum atomic E-state index is -0.267. The summed E-state index contributed by atoms with van der Waals surface area (Å²) in [5, 5.41) is 0. The third-order valence-corrected chi connectivity index (χ3v) is 3.04. The Balaban J connectivity index is 1.81. The number of carbonyl (C=O) groups is 1. The molecule has 1 amide bonds. The van der Waals surface area contributed by atoms with Crippen LogP contribution in [0.15, 0.2) is 42.6 Å². The van der Waals surface area contributed by atoms with Crippen molar-refractivity contribution in [1.82, 2.24) is 9.88 Å². The molecule has 0 fully saturated rings. The van der Waals surface area contributed by atoms with E-state index in [2.05, 4.69) is 4.98 Å². The van der Waals surface area contributed by atoms with Gasteiger partial charge in [-0.3, -0.25) is 9.78 Å². The average molecular weight is 242 g/mol. The van der Waals surface area contributed by atoms with Crippen molar-refractivity contribution < 1.29 is 9.18 Å². The largest absolute Gasteiger partial charge is 0.328 e. The molecule has 0 N–H and O–H groups in total. The van der Waals surface area contributed by atoms with E-state index in [4.69, 9.17) is 0 Å². The zero-order valence-corrected chi connectivity index (χ0v) is 9.64. The predicted octanol–water partition coefficient (Wildman–Crippen LogP) is 2.38. The molecule has 2 heterocycles. The number of nitrogens with zero attached hydrogens (tertiary/aromatic N) is 2. The summed E-state index contributed by atoms with van der Waals surface area (Å²) in [5.41, 5.74) is 2.39. The molecule has 0 radical (unpaired) electrons. The SMILES string of the molecule is O=C1c2cccnc2CN1Cc1ccc(F)cc1. The van der Waals surface area contributed by atoms with Gasteiger partial charge in [0.1, 0.15) is 5.82 Å². The molecule has 3 rings (SSSR count). The molecular weight excluding hydrogens is 231 g/mol. The molecule has 1 aromatic heterocycles. The van der Waals surface area contributed by atoms with Crippen LogP contribution >= 0.6 is 0 Å². The fraction of sp³-hybridized carbons (Fsp3) is 0.143. The molecule has 0 saturated carbocycles. The van der Waals surface area contributed by atoms with Gasteiger partial charge in [0.15, 0.2) is 0 Å². The molecule has 18 heavy (non-hydrogen) atoms. The first-order valence-corrected chi connectivity index (χ1v) is 5.71. The van der Waals surface area contributed by atoms with E-state index >= 15 is 0 Å². The number of carbonyl (C=O) groups excluding carboxylic acids is 1. The van der Waals surface area contributed by atoms with Gasteiger partial charge < -0.3 is 4.90 Å². The molecule has 4 heteroatoms. The number of benzene rings is 1. The van der Waals surface area contributed by atoms with Gasteiger partial charge in [-0.25, -0.2) is 4.39 Å². The minimum Gasteiger partial charge on any atom is -0.328 e. The maximum absolute atomic E-state index is 12.8. The van der Waals surface area contributed by atoms with E-state index in [1.165, 1.54) is 12.1 Å². The predicted molar refractivity (Wildman–Crippen MR) is 64.2 cm³/mol. The normalized spacial score (nSPS) is 13.8. The standard InChI is InChI=1S/C14H11FN2O/c15-11-5-3-10(4-6-11)8-17-9-13-12(14(17)18)2-1-7-16-13/h1-7H,8-9H2. The third-order valence-electron chi connectivity index (χ3n) is 3.04. The summed E-state index contributed by atoms with van der Waals surface area (Å²) in [6.45, 7) is 1.00. The number of fused-ring (bicyclic) bond motifs is 1. The summed E-state index contributed by atoms with van der Waals surface area (Å²) in [6, 6.07) is 9.74. The van der Waals surface area contributed by atoms with Crippen molar-refractivity contribution in [2.75, 3.05) is 0 Å². The molecule has 0 aliphatic carbocycles. The average Bonchev–Trinajstić information content (AvgIpc) is 2.70. The van der Waals surface area contributed by atoms with Crippen LogP contribution in [0.1, 0.15) is 21.6 Å². The Kier molecular flexibility index (Phi) is 2.55. The van der Waals surface area contributed by atoms with Gasteiger partial charge in [0.25, 0.3) is 5.91 Å². The molecular formula is C14H11FN2O. The van der Waals surface area contributed by atoms with Gasteiger partial charge in [-0.1, -0.05) is 12.1 Å². The van der Waals surface area contributed by atoms with Crippen LogP contribution in [0, 0.1) is 5.82 Å². The monoisotopic (exact) mass is 242 g/mol. The molecule has 90 valence electrons. The van der Waals surface area contributed by atoms with Crippen LogP contribution in [0.4, 0.5) is 4.39 Å². The fourth-order valence-electron chi connectivity index (χ4n) is 2.12. The van der Waals surface area contributed by atoms with E-state index < -0.39 is 0 Å². The highest BCUT2D eigenvalue weighted by Gasteiger charge is 2.27. The van der Waals surface area contributed by atoms with Crippen molar-refractivity contribution in [3.63, 3.8) is 0 Å². The Morgan fingerprint density at radius 2 is 2.00 bits per heavy atom. The smallest absolute Gasteiger partial charge is 0.256 e. The molecule has 0 unspecified atom stereocenters. The zero-order valence-electron chi connectivity index (χ0n) is 9.64. The number of halogens is 1. The lowest BCUT2D eigenvalue weighted by Gasteiger charge is -2.15. The van der Waals surface area contributed by atoms with Crippen LogP contribution in [0.2, 0.25) is 0 Å². The molecule has 3 nitrogen and oxygen atoms in total. The molecule has 1 aliphatic heterocycles. The van der Waals surface area contributed by atoms with Gasteiger partial charge in [0.2, 0.25) is 0 Å². The van der Waals surface area contributed by atoms with Crippen molar-refractivity contribution in [3.8, 4) is 0 Å². The van der Waals surface area contributed by atoms with Crippen LogP contribution in [-0.4, -0.2) is 15.8 Å². The third kappa shape index (κ3) is 1.86. The van der Waals surface area contributed by atoms with Crippen molar-refractivity contribution in [2.45, 2.75) is 13.1 Å². The number of pyridine rings is 1. The highest BCUT2D eigenvalue weighted by atomic mass is 19.1. The molecule has 0 bridgehead atoms. The van der Waals surface area contributed by atoms with Crippen LogP contribution in [0.25, 0.3) is 0 Å². The van der Waals surface area contributed by atoms with E-state index in [0.717, 1.165) is 11.3 Å². The first-order valence-electron chi connectivity index (χ1n) is 5.71. The topological polar surface area (TPSA) is 33.2 Å². The van der Waals surface area contributed by atoms with Gasteiger partial charge in [-0.15, -0.1) is 0 Å². The summed E-state index contributed by atoms with van der Waals surface area (Å²) in [5.74, 6) is -0.279. The number of rotatable bonds is 2. The van der Waals surface area contributed by atoms with E-state index in [0.29, 0.717) is 18.7 Å². The second kappa shape index (κ2) is 4.22. The first kappa shape index (κ1) is 10.9. The number of hydrogen-bond acceptors (Lipinski definition) is 2. The van der Waals surface area contributed by atoms with Crippen molar-refractivity contribution >= 4 is 5.91 Å². The zero-order chi connectivity index (χ0) is 12.5. The summed E-state index contributed by atoms with van der Waals surface area (Å²) < 4.78 is 12.8. The van der Waals surface area contributed by atoms with Crippen LogP contribution in [0.3, 0.4) is 0 Å². The Morgan fingerprint density at radius 3 is 2.72 bits per heavy atom.